The first-order chi connectivity index (χ1) is 14.9. The van der Waals surface area contributed by atoms with E-state index in [1.807, 2.05) is 57.2 Å². The van der Waals surface area contributed by atoms with E-state index < -0.39 is 5.60 Å². The van der Waals surface area contributed by atoms with E-state index in [9.17, 15) is 9.59 Å². The molecule has 3 rings (SSSR count). The number of nitrogens with zero attached hydrogens (tertiary/aromatic N) is 2. The lowest BCUT2D eigenvalue weighted by Gasteiger charge is -2.45. The number of carbonyl (C=O) groups excluding carboxylic acids is 2. The van der Waals surface area contributed by atoms with Gasteiger partial charge in [-0.3, -0.25) is 4.90 Å². The fraction of sp³-hybridized carbons (Fsp3) is 0.462. The van der Waals surface area contributed by atoms with Crippen LogP contribution in [0.15, 0.2) is 60.7 Å². The van der Waals surface area contributed by atoms with Gasteiger partial charge in [-0.1, -0.05) is 60.7 Å². The van der Waals surface area contributed by atoms with Crippen LogP contribution in [0.4, 0.5) is 4.79 Å². The van der Waals surface area contributed by atoms with Crippen molar-refractivity contribution in [3.8, 4) is 0 Å². The summed E-state index contributed by atoms with van der Waals surface area (Å²) >= 11 is 0. The van der Waals surface area contributed by atoms with Crippen molar-refractivity contribution in [1.82, 2.24) is 9.80 Å². The summed E-state index contributed by atoms with van der Waals surface area (Å²) in [6, 6.07) is 20.6. The Morgan fingerprint density at radius 1 is 1.03 bits per heavy atom. The molecule has 0 unspecified atom stereocenters. The Morgan fingerprint density at radius 3 is 2.06 bits per heavy atom. The predicted octanol–water partition coefficient (Wildman–Crippen LogP) is 5.05. The molecule has 0 radical (unpaired) electrons. The van der Waals surface area contributed by atoms with Crippen molar-refractivity contribution >= 4 is 12.4 Å². The molecule has 1 saturated heterocycles. The van der Waals surface area contributed by atoms with E-state index in [2.05, 4.69) is 29.2 Å². The SMILES string of the molecule is CC(C)(C)OC(=O)N1CCC[C@H](N(Cc2ccccc2)Cc2ccccc2)[C@@H]1CC=O. The molecular formula is C26H34N2O3. The third kappa shape index (κ3) is 6.66. The predicted molar refractivity (Wildman–Crippen MR) is 123 cm³/mol. The number of likely N-dealkylation sites (tertiary alicyclic amines) is 1. The maximum absolute atomic E-state index is 13.0. The number of benzene rings is 2. The molecule has 31 heavy (non-hydrogen) atoms. The number of hydrogen-bond acceptors (Lipinski definition) is 4. The normalized spacial score (nSPS) is 19.3. The minimum absolute atomic E-state index is 0.0758. The van der Waals surface area contributed by atoms with Crippen LogP contribution in [0.1, 0.15) is 51.2 Å². The molecule has 1 heterocycles. The summed E-state index contributed by atoms with van der Waals surface area (Å²) < 4.78 is 5.67. The van der Waals surface area contributed by atoms with E-state index in [0.29, 0.717) is 13.0 Å². The third-order valence-electron chi connectivity index (χ3n) is 5.64. The summed E-state index contributed by atoms with van der Waals surface area (Å²) in [4.78, 5) is 28.8. The zero-order chi connectivity index (χ0) is 22.3. The lowest BCUT2D eigenvalue weighted by atomic mass is 9.92. The topological polar surface area (TPSA) is 49.9 Å². The van der Waals surface area contributed by atoms with E-state index in [1.54, 1.807) is 4.90 Å². The standard InChI is InChI=1S/C26H34N2O3/c1-26(2,3)31-25(30)28-17-10-15-23(24(28)16-18-29)27(19-21-11-6-4-7-12-21)20-22-13-8-5-9-14-22/h4-9,11-14,18,23-24H,10,15-17,19-20H2,1-3H3/t23-,24-/m0/s1. The van der Waals surface area contributed by atoms with E-state index in [0.717, 1.165) is 32.2 Å². The highest BCUT2D eigenvalue weighted by atomic mass is 16.6. The Balaban J connectivity index is 1.88. The molecule has 1 aliphatic rings. The molecule has 0 N–H and O–H groups in total. The smallest absolute Gasteiger partial charge is 0.410 e. The van der Waals surface area contributed by atoms with E-state index in [1.165, 1.54) is 11.1 Å². The van der Waals surface area contributed by atoms with Crippen molar-refractivity contribution in [2.75, 3.05) is 6.54 Å². The van der Waals surface area contributed by atoms with Gasteiger partial charge in [-0.15, -0.1) is 0 Å². The van der Waals surface area contributed by atoms with Crippen molar-refractivity contribution in [3.63, 3.8) is 0 Å². The van der Waals surface area contributed by atoms with Gasteiger partial charge in [0.2, 0.25) is 0 Å². The van der Waals surface area contributed by atoms with Crippen LogP contribution < -0.4 is 0 Å². The highest BCUT2D eigenvalue weighted by molar-refractivity contribution is 5.69. The maximum atomic E-state index is 13.0. The molecule has 0 spiro atoms. The third-order valence-corrected chi connectivity index (χ3v) is 5.64. The summed E-state index contributed by atoms with van der Waals surface area (Å²) in [5, 5.41) is 0. The van der Waals surface area contributed by atoms with Crippen LogP contribution in [0.5, 0.6) is 0 Å². The molecular weight excluding hydrogens is 388 g/mol. The lowest BCUT2D eigenvalue weighted by molar-refractivity contribution is -0.110. The number of hydrogen-bond donors (Lipinski definition) is 0. The minimum Gasteiger partial charge on any atom is -0.444 e. The van der Waals surface area contributed by atoms with Gasteiger partial charge in [-0.2, -0.15) is 0 Å². The van der Waals surface area contributed by atoms with Crippen molar-refractivity contribution in [2.24, 2.45) is 0 Å². The van der Waals surface area contributed by atoms with Gasteiger partial charge in [0.15, 0.2) is 0 Å². The first-order valence-electron chi connectivity index (χ1n) is 11.1. The van der Waals surface area contributed by atoms with Crippen LogP contribution in [0, 0.1) is 0 Å². The van der Waals surface area contributed by atoms with E-state index >= 15 is 0 Å². The zero-order valence-electron chi connectivity index (χ0n) is 18.9. The van der Waals surface area contributed by atoms with Crippen LogP contribution in [0.3, 0.4) is 0 Å². The Morgan fingerprint density at radius 2 is 1.58 bits per heavy atom. The molecule has 2 aromatic rings. The zero-order valence-corrected chi connectivity index (χ0v) is 18.9. The molecule has 5 heteroatoms. The number of carbonyl (C=O) groups is 2. The van der Waals surface area contributed by atoms with Crippen LogP contribution in [-0.4, -0.2) is 46.4 Å². The van der Waals surface area contributed by atoms with E-state index in [-0.39, 0.29) is 18.2 Å². The summed E-state index contributed by atoms with van der Waals surface area (Å²) in [6.45, 7) is 7.76. The molecule has 2 atom stereocenters. The summed E-state index contributed by atoms with van der Waals surface area (Å²) in [6.07, 6.45) is 2.74. The first kappa shape index (κ1) is 23.0. The number of rotatable bonds is 7. The van der Waals surface area contributed by atoms with Gasteiger partial charge in [0, 0.05) is 32.1 Å². The van der Waals surface area contributed by atoms with Gasteiger partial charge in [-0.25, -0.2) is 4.79 Å². The van der Waals surface area contributed by atoms with Crippen molar-refractivity contribution in [2.45, 2.75) is 70.8 Å². The fourth-order valence-corrected chi connectivity index (χ4v) is 4.32. The maximum Gasteiger partial charge on any atom is 0.410 e. The second-order valence-electron chi connectivity index (χ2n) is 9.23. The molecule has 0 aromatic heterocycles. The molecule has 5 nitrogen and oxygen atoms in total. The average Bonchev–Trinajstić information content (AvgIpc) is 2.74. The van der Waals surface area contributed by atoms with Gasteiger partial charge < -0.3 is 14.4 Å². The number of amides is 1. The Hall–Kier alpha value is -2.66. The number of ether oxygens (including phenoxy) is 1. The van der Waals surface area contributed by atoms with Crippen LogP contribution in [-0.2, 0) is 22.6 Å². The van der Waals surface area contributed by atoms with Crippen molar-refractivity contribution < 1.29 is 14.3 Å². The second-order valence-corrected chi connectivity index (χ2v) is 9.23. The number of aldehydes is 1. The quantitative estimate of drug-likeness (QED) is 0.586. The molecule has 2 aromatic carbocycles. The highest BCUT2D eigenvalue weighted by Gasteiger charge is 2.39. The summed E-state index contributed by atoms with van der Waals surface area (Å²) in [7, 11) is 0. The molecule has 1 aliphatic heterocycles. The van der Waals surface area contributed by atoms with Gasteiger partial charge in [0.05, 0.1) is 6.04 Å². The van der Waals surface area contributed by atoms with Crippen LogP contribution in [0.25, 0.3) is 0 Å². The highest BCUT2D eigenvalue weighted by Crippen LogP contribution is 2.29. The number of piperidine rings is 1. The Bertz CT molecular complexity index is 791. The van der Waals surface area contributed by atoms with Gasteiger partial charge in [0.1, 0.15) is 11.9 Å². The summed E-state index contributed by atoms with van der Waals surface area (Å²) in [5.41, 5.74) is 1.87. The minimum atomic E-state index is -0.566. The van der Waals surface area contributed by atoms with E-state index in [4.69, 9.17) is 4.74 Å². The fourth-order valence-electron chi connectivity index (χ4n) is 4.32. The largest absolute Gasteiger partial charge is 0.444 e. The Kier molecular flexibility index (Phi) is 7.85. The molecule has 1 amide bonds. The first-order valence-corrected chi connectivity index (χ1v) is 11.1. The summed E-state index contributed by atoms with van der Waals surface area (Å²) in [5.74, 6) is 0. The molecule has 0 bridgehead atoms. The second kappa shape index (κ2) is 10.6. The van der Waals surface area contributed by atoms with Crippen molar-refractivity contribution in [1.29, 1.82) is 0 Å². The van der Waals surface area contributed by atoms with Gasteiger partial charge in [0.25, 0.3) is 0 Å². The molecule has 0 saturated carbocycles. The van der Waals surface area contributed by atoms with Crippen LogP contribution >= 0.6 is 0 Å². The van der Waals surface area contributed by atoms with Gasteiger partial charge >= 0.3 is 6.09 Å². The molecule has 1 fully saturated rings. The average molecular weight is 423 g/mol. The van der Waals surface area contributed by atoms with Crippen LogP contribution in [0.2, 0.25) is 0 Å². The molecule has 166 valence electrons. The van der Waals surface area contributed by atoms with Gasteiger partial charge in [-0.05, 0) is 44.7 Å². The lowest BCUT2D eigenvalue weighted by Crippen LogP contribution is -2.57. The van der Waals surface area contributed by atoms with Crippen molar-refractivity contribution in [3.05, 3.63) is 71.8 Å². The molecule has 0 aliphatic carbocycles. The monoisotopic (exact) mass is 422 g/mol. The Labute approximate surface area is 186 Å².